The second kappa shape index (κ2) is 5.34. The number of hydrogen-bond donors (Lipinski definition) is 3. The summed E-state index contributed by atoms with van der Waals surface area (Å²) in [6, 6.07) is -0.850. The van der Waals surface area contributed by atoms with E-state index in [0.29, 0.717) is 0 Å². The highest BCUT2D eigenvalue weighted by atomic mass is 31.2. The molecule has 7 heteroatoms. The van der Waals surface area contributed by atoms with Gasteiger partial charge in [-0.15, -0.1) is 0 Å². The zero-order chi connectivity index (χ0) is 10.5. The van der Waals surface area contributed by atoms with Crippen LogP contribution in [-0.2, 0) is 14.1 Å². The first kappa shape index (κ1) is 12.6. The Morgan fingerprint density at radius 2 is 2.23 bits per heavy atom. The van der Waals surface area contributed by atoms with Crippen molar-refractivity contribution in [3.63, 3.8) is 0 Å². The summed E-state index contributed by atoms with van der Waals surface area (Å²) < 4.78 is 15.4. The molecule has 1 unspecified atom stereocenters. The van der Waals surface area contributed by atoms with Crippen LogP contribution in [0.4, 0.5) is 0 Å². The number of nitrogens with two attached hydrogens (primary N) is 2. The van der Waals surface area contributed by atoms with Crippen LogP contribution >= 0.6 is 7.37 Å². The highest BCUT2D eigenvalue weighted by Gasteiger charge is 2.20. The summed E-state index contributed by atoms with van der Waals surface area (Å²) in [7, 11) is -2.08. The maximum atomic E-state index is 11.0. The van der Waals surface area contributed by atoms with Gasteiger partial charge in [-0.2, -0.15) is 0 Å². The fraction of sp³-hybridized carbons (Fsp3) is 0.833. The van der Waals surface area contributed by atoms with E-state index in [1.807, 2.05) is 0 Å². The lowest BCUT2D eigenvalue weighted by Gasteiger charge is -2.11. The van der Waals surface area contributed by atoms with Crippen molar-refractivity contribution in [2.24, 2.45) is 11.5 Å². The van der Waals surface area contributed by atoms with Gasteiger partial charge in [-0.1, -0.05) is 0 Å². The summed E-state index contributed by atoms with van der Waals surface area (Å²) in [4.78, 5) is 19.8. The maximum Gasteiger partial charge on any atom is 0.322 e. The molecule has 0 spiro atoms. The summed E-state index contributed by atoms with van der Waals surface area (Å²) in [5.74, 6) is -0.586. The van der Waals surface area contributed by atoms with Gasteiger partial charge in [0.15, 0.2) is 0 Å². The Bertz CT molecular complexity index is 221. The van der Waals surface area contributed by atoms with Crippen LogP contribution in [0, 0.1) is 0 Å². The Morgan fingerprint density at radius 3 is 2.62 bits per heavy atom. The Kier molecular flexibility index (Phi) is 5.17. The fourth-order valence-electron chi connectivity index (χ4n) is 0.701. The molecule has 0 rings (SSSR count). The molecule has 0 aliphatic heterocycles. The van der Waals surface area contributed by atoms with E-state index >= 15 is 0 Å². The van der Waals surface area contributed by atoms with E-state index in [1.54, 1.807) is 0 Å². The molecular formula is C6H15N2O4P. The molecule has 0 fully saturated rings. The number of ether oxygens (including phenoxy) is 1. The van der Waals surface area contributed by atoms with Gasteiger partial charge < -0.3 is 21.1 Å². The quantitative estimate of drug-likeness (QED) is 0.398. The third-order valence-corrected chi connectivity index (χ3v) is 3.11. The molecule has 0 saturated carbocycles. The standard InChI is InChI=1S/C6H15N2O4P/c1-12-6(9)5(8)2-3-13(10,11)4-7/h5H,2-4,7-8H2,1H3,(H,10,11)/t5-/m0/s1. The molecule has 0 bridgehead atoms. The van der Waals surface area contributed by atoms with Crippen molar-refractivity contribution < 1.29 is 19.0 Å². The molecule has 0 heterocycles. The molecule has 0 aliphatic carbocycles. The van der Waals surface area contributed by atoms with Crippen LogP contribution in [0.15, 0.2) is 0 Å². The molecular weight excluding hydrogens is 195 g/mol. The van der Waals surface area contributed by atoms with E-state index in [9.17, 15) is 9.36 Å². The second-order valence-electron chi connectivity index (χ2n) is 2.67. The number of carbonyl (C=O) groups is 1. The number of rotatable bonds is 5. The van der Waals surface area contributed by atoms with Crippen molar-refractivity contribution in [2.45, 2.75) is 12.5 Å². The van der Waals surface area contributed by atoms with Crippen LogP contribution in [0.1, 0.15) is 6.42 Å². The molecule has 0 amide bonds. The largest absolute Gasteiger partial charge is 0.468 e. The van der Waals surface area contributed by atoms with Gasteiger partial charge in [-0.05, 0) is 6.42 Å². The summed E-state index contributed by atoms with van der Waals surface area (Å²) in [6.45, 7) is 0. The van der Waals surface area contributed by atoms with E-state index in [2.05, 4.69) is 4.74 Å². The van der Waals surface area contributed by atoms with E-state index in [4.69, 9.17) is 16.4 Å². The average Bonchev–Trinajstić information content (AvgIpc) is 2.13. The molecule has 13 heavy (non-hydrogen) atoms. The Labute approximate surface area is 76.7 Å². The van der Waals surface area contributed by atoms with E-state index in [-0.39, 0.29) is 18.9 Å². The Morgan fingerprint density at radius 1 is 1.69 bits per heavy atom. The lowest BCUT2D eigenvalue weighted by molar-refractivity contribution is -0.142. The van der Waals surface area contributed by atoms with E-state index in [0.717, 1.165) is 0 Å². The summed E-state index contributed by atoms with van der Waals surface area (Å²) in [5, 5.41) is 0. The number of esters is 1. The molecule has 5 N–H and O–H groups in total. The molecule has 6 nitrogen and oxygen atoms in total. The van der Waals surface area contributed by atoms with Gasteiger partial charge in [0.2, 0.25) is 7.37 Å². The SMILES string of the molecule is COC(=O)[C@@H](N)CCP(=O)(O)CN. The van der Waals surface area contributed by atoms with Crippen LogP contribution in [0.5, 0.6) is 0 Å². The molecule has 0 aromatic rings. The zero-order valence-electron chi connectivity index (χ0n) is 7.47. The van der Waals surface area contributed by atoms with Crippen LogP contribution in [0.25, 0.3) is 0 Å². The molecule has 0 saturated heterocycles. The van der Waals surface area contributed by atoms with Gasteiger partial charge in [0.25, 0.3) is 0 Å². The summed E-state index contributed by atoms with van der Waals surface area (Å²) in [6.07, 6.45) is -0.238. The van der Waals surface area contributed by atoms with Crippen molar-refractivity contribution in [3.8, 4) is 0 Å². The van der Waals surface area contributed by atoms with Gasteiger partial charge >= 0.3 is 5.97 Å². The lowest BCUT2D eigenvalue weighted by atomic mass is 10.2. The minimum atomic E-state index is -3.29. The molecule has 2 atom stereocenters. The number of methoxy groups -OCH3 is 1. The van der Waals surface area contributed by atoms with Crippen LogP contribution in [0.3, 0.4) is 0 Å². The first-order chi connectivity index (χ1) is 5.93. The van der Waals surface area contributed by atoms with Crippen LogP contribution in [-0.4, -0.2) is 36.5 Å². The fourth-order valence-corrected chi connectivity index (χ4v) is 1.57. The smallest absolute Gasteiger partial charge is 0.322 e. The lowest BCUT2D eigenvalue weighted by Crippen LogP contribution is -2.32. The molecule has 78 valence electrons. The monoisotopic (exact) mass is 210 g/mol. The predicted octanol–water partition coefficient (Wildman–Crippen LogP) is -0.937. The number of hydrogen-bond acceptors (Lipinski definition) is 5. The normalized spacial score (nSPS) is 17.5. The predicted molar refractivity (Wildman–Crippen MR) is 48.4 cm³/mol. The number of carbonyl (C=O) groups excluding carboxylic acids is 1. The second-order valence-corrected chi connectivity index (χ2v) is 5.18. The van der Waals surface area contributed by atoms with E-state index in [1.165, 1.54) is 7.11 Å². The van der Waals surface area contributed by atoms with Crippen molar-refractivity contribution in [3.05, 3.63) is 0 Å². The van der Waals surface area contributed by atoms with Crippen molar-refractivity contribution in [1.82, 2.24) is 0 Å². The third-order valence-electron chi connectivity index (χ3n) is 1.58. The topological polar surface area (TPSA) is 116 Å². The molecule has 0 aromatic carbocycles. The Hall–Kier alpha value is -0.420. The summed E-state index contributed by atoms with van der Waals surface area (Å²) >= 11 is 0. The zero-order valence-corrected chi connectivity index (χ0v) is 8.37. The Balaban J connectivity index is 3.89. The van der Waals surface area contributed by atoms with Crippen molar-refractivity contribution in [1.29, 1.82) is 0 Å². The van der Waals surface area contributed by atoms with Gasteiger partial charge in [-0.3, -0.25) is 9.36 Å². The molecule has 0 aromatic heterocycles. The van der Waals surface area contributed by atoms with Gasteiger partial charge in [0.05, 0.1) is 13.4 Å². The van der Waals surface area contributed by atoms with Crippen LogP contribution in [0.2, 0.25) is 0 Å². The molecule has 0 aliphatic rings. The average molecular weight is 210 g/mol. The van der Waals surface area contributed by atoms with Gasteiger partial charge in [0.1, 0.15) is 6.04 Å². The minimum absolute atomic E-state index is 0.0558. The highest BCUT2D eigenvalue weighted by molar-refractivity contribution is 7.57. The highest BCUT2D eigenvalue weighted by Crippen LogP contribution is 2.38. The van der Waals surface area contributed by atoms with Crippen molar-refractivity contribution >= 4 is 13.3 Å². The van der Waals surface area contributed by atoms with Gasteiger partial charge in [-0.25, -0.2) is 0 Å². The molecule has 0 radical (unpaired) electrons. The first-order valence-electron chi connectivity index (χ1n) is 3.77. The van der Waals surface area contributed by atoms with Crippen LogP contribution < -0.4 is 11.5 Å². The summed E-state index contributed by atoms with van der Waals surface area (Å²) in [5.41, 5.74) is 10.4. The maximum absolute atomic E-state index is 11.0. The van der Waals surface area contributed by atoms with E-state index < -0.39 is 19.4 Å². The third kappa shape index (κ3) is 5.00. The first-order valence-corrected chi connectivity index (χ1v) is 5.80. The minimum Gasteiger partial charge on any atom is -0.468 e. The van der Waals surface area contributed by atoms with Crippen molar-refractivity contribution in [2.75, 3.05) is 19.6 Å². The van der Waals surface area contributed by atoms with Gasteiger partial charge in [0, 0.05) is 6.16 Å².